The third kappa shape index (κ3) is 1.66. The molecule has 0 aromatic heterocycles. The van der Waals surface area contributed by atoms with Crippen LogP contribution in [-0.2, 0) is 0 Å². The van der Waals surface area contributed by atoms with E-state index in [-0.39, 0.29) is 0 Å². The number of rotatable bonds is 1. The third-order valence-corrected chi connectivity index (χ3v) is 1.67. The van der Waals surface area contributed by atoms with Gasteiger partial charge in [-0.1, -0.05) is 0 Å². The Balaban J connectivity index is 3.19. The predicted octanol–water partition coefficient (Wildman–Crippen LogP) is 2.61. The molecule has 0 heterocycles. The lowest BCUT2D eigenvalue weighted by Crippen LogP contribution is -1.87. The van der Waals surface area contributed by atoms with E-state index in [2.05, 4.69) is 22.8 Å². The minimum atomic E-state index is 0.741. The van der Waals surface area contributed by atoms with Crippen molar-refractivity contribution in [2.24, 2.45) is 0 Å². The average Bonchev–Trinajstić information content (AvgIpc) is 2.04. The summed E-state index contributed by atoms with van der Waals surface area (Å²) < 4.78 is 0. The van der Waals surface area contributed by atoms with Gasteiger partial charge in [-0.05, 0) is 17.0 Å². The topological polar surface area (TPSA) is 16.4 Å². The molecule has 0 unspecified atom stereocenters. The van der Waals surface area contributed by atoms with Gasteiger partial charge in [0, 0.05) is 18.0 Å². The van der Waals surface area contributed by atoms with Crippen LogP contribution in [0.2, 0.25) is 0 Å². The number of hydrogen-bond acceptors (Lipinski definition) is 2. The Bertz CT molecular complexity index is 301. The Kier molecular flexibility index (Phi) is 2.40. The molecule has 0 aliphatic rings. The van der Waals surface area contributed by atoms with Crippen LogP contribution in [0.3, 0.4) is 0 Å². The van der Waals surface area contributed by atoms with Gasteiger partial charge in [0.25, 0.3) is 6.57 Å². The quantitative estimate of drug-likeness (QED) is 0.611. The summed E-state index contributed by atoms with van der Waals surface area (Å²) in [5, 5.41) is 2.96. The van der Waals surface area contributed by atoms with Crippen molar-refractivity contribution < 1.29 is 0 Å². The summed E-state index contributed by atoms with van der Waals surface area (Å²) >= 11 is 4.17. The van der Waals surface area contributed by atoms with Crippen LogP contribution in [0.15, 0.2) is 23.1 Å². The first-order chi connectivity index (χ1) is 5.27. The zero-order chi connectivity index (χ0) is 8.27. The molecule has 0 aliphatic heterocycles. The first-order valence-corrected chi connectivity index (χ1v) is 3.64. The summed E-state index contributed by atoms with van der Waals surface area (Å²) in [6, 6.07) is 5.53. The summed E-state index contributed by atoms with van der Waals surface area (Å²) in [5.41, 5.74) is 1.63. The SMILES string of the molecule is C#[N+]c1ccc(S)cc1NC. The third-order valence-electron chi connectivity index (χ3n) is 1.39. The number of benzene rings is 1. The van der Waals surface area contributed by atoms with Gasteiger partial charge in [0.1, 0.15) is 5.69 Å². The first-order valence-electron chi connectivity index (χ1n) is 3.19. The van der Waals surface area contributed by atoms with E-state index in [0.29, 0.717) is 0 Å². The smallest absolute Gasteiger partial charge is 0.362 e. The van der Waals surface area contributed by atoms with E-state index in [9.17, 15) is 0 Å². The van der Waals surface area contributed by atoms with Crippen LogP contribution in [0.25, 0.3) is 4.85 Å². The largest absolute Gasteiger partial charge is 0.382 e. The normalized spacial score (nSPS) is 8.82. The summed E-state index contributed by atoms with van der Waals surface area (Å²) in [6.07, 6.45) is 0. The molecule has 0 aliphatic carbocycles. The monoisotopic (exact) mass is 165 g/mol. The second kappa shape index (κ2) is 3.31. The molecule has 11 heavy (non-hydrogen) atoms. The van der Waals surface area contributed by atoms with E-state index in [1.165, 1.54) is 0 Å². The Hall–Kier alpha value is -1.14. The molecule has 0 spiro atoms. The van der Waals surface area contributed by atoms with E-state index in [4.69, 9.17) is 6.57 Å². The summed E-state index contributed by atoms with van der Waals surface area (Å²) in [6.45, 7) is 5.14. The predicted molar refractivity (Wildman–Crippen MR) is 51.2 cm³/mol. The maximum Gasteiger partial charge on any atom is 0.362 e. The molecule has 0 saturated carbocycles. The van der Waals surface area contributed by atoms with Gasteiger partial charge in [-0.25, -0.2) is 0 Å². The molecule has 56 valence electrons. The molecule has 0 radical (unpaired) electrons. The van der Waals surface area contributed by atoms with Crippen molar-refractivity contribution in [3.8, 4) is 6.57 Å². The van der Waals surface area contributed by atoms with E-state index in [1.807, 2.05) is 25.2 Å². The molecule has 2 nitrogen and oxygen atoms in total. The van der Waals surface area contributed by atoms with Crippen LogP contribution in [0.1, 0.15) is 0 Å². The molecule has 1 rings (SSSR count). The molecule has 0 amide bonds. The number of anilines is 1. The number of nitrogens with zero attached hydrogens (tertiary/aromatic N) is 1. The Labute approximate surface area is 71.5 Å². The molecule has 0 bridgehead atoms. The number of nitrogens with one attached hydrogen (secondary N) is 1. The second-order valence-electron chi connectivity index (χ2n) is 2.08. The number of hydrogen-bond donors (Lipinski definition) is 2. The molecule has 1 N–H and O–H groups in total. The second-order valence-corrected chi connectivity index (χ2v) is 2.60. The summed E-state index contributed by atoms with van der Waals surface area (Å²) in [7, 11) is 1.82. The highest BCUT2D eigenvalue weighted by Gasteiger charge is 2.07. The summed E-state index contributed by atoms with van der Waals surface area (Å²) in [5.74, 6) is 0. The van der Waals surface area contributed by atoms with E-state index in [1.54, 1.807) is 0 Å². The first kappa shape index (κ1) is 7.96. The van der Waals surface area contributed by atoms with E-state index < -0.39 is 0 Å². The van der Waals surface area contributed by atoms with Gasteiger partial charge in [-0.15, -0.1) is 12.6 Å². The highest BCUT2D eigenvalue weighted by molar-refractivity contribution is 7.80. The van der Waals surface area contributed by atoms with Crippen LogP contribution in [-0.4, -0.2) is 7.05 Å². The standard InChI is InChI=1S/C8H8N2S/c1-9-7-4-3-6(11)5-8(7)10-2/h1,3-5,10H,2H3/p+1. The zero-order valence-corrected chi connectivity index (χ0v) is 7.10. The van der Waals surface area contributed by atoms with Gasteiger partial charge in [0.2, 0.25) is 0 Å². The van der Waals surface area contributed by atoms with Gasteiger partial charge in [0.15, 0.2) is 0 Å². The Morgan fingerprint density at radius 3 is 2.82 bits per heavy atom. The van der Waals surface area contributed by atoms with Crippen LogP contribution < -0.4 is 5.32 Å². The van der Waals surface area contributed by atoms with Gasteiger partial charge in [0.05, 0.1) is 0 Å². The van der Waals surface area contributed by atoms with Crippen molar-refractivity contribution in [1.82, 2.24) is 0 Å². The highest BCUT2D eigenvalue weighted by Crippen LogP contribution is 2.26. The molecule has 0 atom stereocenters. The molecular weight excluding hydrogens is 156 g/mol. The zero-order valence-electron chi connectivity index (χ0n) is 6.20. The van der Waals surface area contributed by atoms with Gasteiger partial charge < -0.3 is 5.32 Å². The fraction of sp³-hybridized carbons (Fsp3) is 0.125. The fourth-order valence-electron chi connectivity index (χ4n) is 0.837. The van der Waals surface area contributed by atoms with Crippen molar-refractivity contribution in [3.63, 3.8) is 0 Å². The highest BCUT2D eigenvalue weighted by atomic mass is 32.1. The summed E-state index contributed by atoms with van der Waals surface area (Å²) in [4.78, 5) is 4.48. The van der Waals surface area contributed by atoms with Crippen LogP contribution in [0.5, 0.6) is 0 Å². The molecule has 3 heteroatoms. The van der Waals surface area contributed by atoms with Crippen LogP contribution in [0.4, 0.5) is 11.4 Å². The lowest BCUT2D eigenvalue weighted by atomic mass is 10.3. The fourth-order valence-corrected chi connectivity index (χ4v) is 1.04. The minimum Gasteiger partial charge on any atom is -0.382 e. The maximum absolute atomic E-state index is 5.14. The van der Waals surface area contributed by atoms with Crippen molar-refractivity contribution in [2.75, 3.05) is 12.4 Å². The molecule has 1 aromatic carbocycles. The van der Waals surface area contributed by atoms with E-state index in [0.717, 1.165) is 16.3 Å². The molecule has 0 fully saturated rings. The van der Waals surface area contributed by atoms with Crippen molar-refractivity contribution in [1.29, 1.82) is 0 Å². The van der Waals surface area contributed by atoms with E-state index >= 15 is 0 Å². The molecular formula is C8H9N2S+. The molecule has 0 saturated heterocycles. The Morgan fingerprint density at radius 2 is 2.27 bits per heavy atom. The average molecular weight is 165 g/mol. The van der Waals surface area contributed by atoms with Gasteiger partial charge in [-0.3, -0.25) is 0 Å². The van der Waals surface area contributed by atoms with Gasteiger partial charge >= 0.3 is 5.69 Å². The van der Waals surface area contributed by atoms with Crippen molar-refractivity contribution >= 4 is 24.0 Å². The van der Waals surface area contributed by atoms with Crippen LogP contribution in [0, 0.1) is 6.57 Å². The minimum absolute atomic E-state index is 0.741. The van der Waals surface area contributed by atoms with Crippen molar-refractivity contribution in [2.45, 2.75) is 4.90 Å². The lowest BCUT2D eigenvalue weighted by molar-refractivity contribution is 1.43. The lowest BCUT2D eigenvalue weighted by Gasteiger charge is -1.96. The van der Waals surface area contributed by atoms with Gasteiger partial charge in [-0.2, -0.15) is 0 Å². The maximum atomic E-state index is 5.14. The number of thiol groups is 1. The Morgan fingerprint density at radius 1 is 1.55 bits per heavy atom. The van der Waals surface area contributed by atoms with Crippen LogP contribution >= 0.6 is 12.6 Å². The van der Waals surface area contributed by atoms with Crippen molar-refractivity contribution in [3.05, 3.63) is 23.0 Å². The molecule has 1 aromatic rings.